The summed E-state index contributed by atoms with van der Waals surface area (Å²) in [4.78, 5) is 15.0. The number of hydrogen-bond donors (Lipinski definition) is 0. The molecule has 2 rings (SSSR count). The first-order valence-electron chi connectivity index (χ1n) is 11.9. The molecule has 1 heterocycles. The van der Waals surface area contributed by atoms with Gasteiger partial charge in [0.1, 0.15) is 5.75 Å². The second-order valence-electron chi connectivity index (χ2n) is 12.2. The fraction of sp³-hybridized carbons (Fsp3) is 0.654. The molecule has 7 heteroatoms. The molecule has 0 unspecified atom stereocenters. The molecule has 0 bridgehead atoms. The van der Waals surface area contributed by atoms with Gasteiger partial charge in [0.2, 0.25) is 5.91 Å². The first-order valence-corrected chi connectivity index (χ1v) is 17.7. The summed E-state index contributed by atoms with van der Waals surface area (Å²) in [6, 6.07) is 7.72. The molecular weight excluding hydrogens is 446 g/mol. The Balaban J connectivity index is 2.37. The first kappa shape index (κ1) is 27.8. The number of benzene rings is 1. The molecule has 0 fully saturated rings. The van der Waals surface area contributed by atoms with E-state index in [4.69, 9.17) is 13.6 Å². The number of nitrogens with zero attached hydrogens (tertiary/aromatic N) is 1. The second kappa shape index (κ2) is 10.1. The standard InChI is InChI=1S/C26H45NO4Si2/c1-25(2,3)32(8,9)30-19-22-23(31-33(10,11)26(4,5)6)16-17-24(28)27(22)18-20-12-14-21(29-7)15-13-20/h12-17,22-23H,18-19H2,1-11H3/t22-,23-/m0/s1. The zero-order valence-electron chi connectivity index (χ0n) is 22.6. The highest BCUT2D eigenvalue weighted by Gasteiger charge is 2.44. The Bertz CT molecular complexity index is 835. The Morgan fingerprint density at radius 3 is 1.94 bits per heavy atom. The van der Waals surface area contributed by atoms with E-state index >= 15 is 0 Å². The summed E-state index contributed by atoms with van der Waals surface area (Å²) in [5.41, 5.74) is 1.06. The number of rotatable bonds is 8. The van der Waals surface area contributed by atoms with Crippen LogP contribution in [0.25, 0.3) is 0 Å². The van der Waals surface area contributed by atoms with Gasteiger partial charge < -0.3 is 18.5 Å². The van der Waals surface area contributed by atoms with Crippen LogP contribution in [0.2, 0.25) is 36.3 Å². The van der Waals surface area contributed by atoms with Gasteiger partial charge in [0.25, 0.3) is 0 Å². The van der Waals surface area contributed by atoms with E-state index in [2.05, 4.69) is 67.7 Å². The predicted octanol–water partition coefficient (Wildman–Crippen LogP) is 6.37. The van der Waals surface area contributed by atoms with Crippen molar-refractivity contribution < 1.29 is 18.4 Å². The Morgan fingerprint density at radius 1 is 0.909 bits per heavy atom. The number of carbonyl (C=O) groups excluding carboxylic acids is 1. The van der Waals surface area contributed by atoms with Gasteiger partial charge in [-0.2, -0.15) is 0 Å². The Labute approximate surface area is 203 Å². The van der Waals surface area contributed by atoms with E-state index in [9.17, 15) is 4.79 Å². The quantitative estimate of drug-likeness (QED) is 0.396. The maximum absolute atomic E-state index is 13.1. The molecule has 0 spiro atoms. The lowest BCUT2D eigenvalue weighted by molar-refractivity contribution is -0.133. The lowest BCUT2D eigenvalue weighted by atomic mass is 10.0. The third-order valence-electron chi connectivity index (χ3n) is 7.66. The summed E-state index contributed by atoms with van der Waals surface area (Å²) in [5.74, 6) is 0.810. The fourth-order valence-electron chi connectivity index (χ4n) is 3.19. The molecule has 0 aliphatic carbocycles. The van der Waals surface area contributed by atoms with Gasteiger partial charge in [-0.05, 0) is 60.0 Å². The van der Waals surface area contributed by atoms with Crippen LogP contribution in [0.5, 0.6) is 5.75 Å². The largest absolute Gasteiger partial charge is 0.497 e. The highest BCUT2D eigenvalue weighted by molar-refractivity contribution is 6.74. The second-order valence-corrected chi connectivity index (χ2v) is 21.7. The number of carbonyl (C=O) groups is 1. The number of hydrogen-bond acceptors (Lipinski definition) is 4. The average molecular weight is 492 g/mol. The van der Waals surface area contributed by atoms with E-state index in [1.165, 1.54) is 0 Å². The highest BCUT2D eigenvalue weighted by Crippen LogP contribution is 2.40. The lowest BCUT2D eigenvalue weighted by Gasteiger charge is -2.46. The van der Waals surface area contributed by atoms with Gasteiger partial charge in [-0.1, -0.05) is 53.7 Å². The van der Waals surface area contributed by atoms with Gasteiger partial charge in [-0.25, -0.2) is 0 Å². The van der Waals surface area contributed by atoms with Crippen molar-refractivity contribution in [2.75, 3.05) is 13.7 Å². The lowest BCUT2D eigenvalue weighted by Crippen LogP contribution is -2.57. The zero-order chi connectivity index (χ0) is 25.2. The summed E-state index contributed by atoms with van der Waals surface area (Å²) in [6.07, 6.45) is 3.43. The number of ether oxygens (including phenoxy) is 1. The van der Waals surface area contributed by atoms with Gasteiger partial charge in [0, 0.05) is 12.6 Å². The van der Waals surface area contributed by atoms with Crippen molar-refractivity contribution in [3.63, 3.8) is 0 Å². The molecule has 186 valence electrons. The van der Waals surface area contributed by atoms with E-state index in [1.54, 1.807) is 13.2 Å². The zero-order valence-corrected chi connectivity index (χ0v) is 24.6. The van der Waals surface area contributed by atoms with Crippen LogP contribution >= 0.6 is 0 Å². The molecule has 1 aromatic carbocycles. The van der Waals surface area contributed by atoms with Gasteiger partial charge in [-0.15, -0.1) is 0 Å². The van der Waals surface area contributed by atoms with E-state index in [0.717, 1.165) is 11.3 Å². The molecule has 1 aliphatic heterocycles. The van der Waals surface area contributed by atoms with E-state index in [1.807, 2.05) is 35.2 Å². The molecule has 1 aromatic rings. The minimum atomic E-state index is -2.05. The Hall–Kier alpha value is -1.42. The minimum absolute atomic E-state index is 0.00438. The predicted molar refractivity (Wildman–Crippen MR) is 142 cm³/mol. The summed E-state index contributed by atoms with van der Waals surface area (Å²) >= 11 is 0. The smallest absolute Gasteiger partial charge is 0.247 e. The van der Waals surface area contributed by atoms with Crippen LogP contribution < -0.4 is 4.74 Å². The number of methoxy groups -OCH3 is 1. The Morgan fingerprint density at radius 2 is 1.45 bits per heavy atom. The van der Waals surface area contributed by atoms with Crippen LogP contribution in [0.15, 0.2) is 36.4 Å². The fourth-order valence-corrected chi connectivity index (χ4v) is 5.48. The van der Waals surface area contributed by atoms with E-state index in [-0.39, 0.29) is 28.1 Å². The number of amides is 1. The van der Waals surface area contributed by atoms with Crippen molar-refractivity contribution in [3.8, 4) is 5.75 Å². The van der Waals surface area contributed by atoms with E-state index < -0.39 is 16.6 Å². The van der Waals surface area contributed by atoms with Gasteiger partial charge >= 0.3 is 0 Å². The topological polar surface area (TPSA) is 48.0 Å². The third kappa shape index (κ3) is 6.81. The molecule has 0 N–H and O–H groups in total. The first-order chi connectivity index (χ1) is 15.0. The van der Waals surface area contributed by atoms with Gasteiger partial charge in [0.15, 0.2) is 16.6 Å². The minimum Gasteiger partial charge on any atom is -0.497 e. The average Bonchev–Trinajstić information content (AvgIpc) is 2.68. The van der Waals surface area contributed by atoms with Crippen molar-refractivity contribution in [2.24, 2.45) is 0 Å². The molecule has 0 radical (unpaired) electrons. The van der Waals surface area contributed by atoms with Crippen LogP contribution in [-0.4, -0.2) is 53.3 Å². The van der Waals surface area contributed by atoms with Crippen molar-refractivity contribution in [1.82, 2.24) is 4.90 Å². The summed E-state index contributed by atoms with van der Waals surface area (Å²) < 4.78 is 18.8. The van der Waals surface area contributed by atoms with Crippen molar-refractivity contribution in [3.05, 3.63) is 42.0 Å². The molecule has 0 aromatic heterocycles. The summed E-state index contributed by atoms with van der Waals surface area (Å²) in [5, 5.41) is 0.173. The molecule has 0 saturated heterocycles. The van der Waals surface area contributed by atoms with E-state index in [0.29, 0.717) is 13.2 Å². The normalized spacial score (nSPS) is 20.3. The van der Waals surface area contributed by atoms with Crippen LogP contribution in [0.4, 0.5) is 0 Å². The molecule has 1 aliphatic rings. The summed E-state index contributed by atoms with van der Waals surface area (Å²) in [7, 11) is -2.39. The van der Waals surface area contributed by atoms with Crippen LogP contribution in [0.1, 0.15) is 47.1 Å². The molecule has 0 saturated carbocycles. The monoisotopic (exact) mass is 491 g/mol. The molecule has 5 nitrogen and oxygen atoms in total. The molecular formula is C26H45NO4Si2. The third-order valence-corrected chi connectivity index (χ3v) is 16.6. The Kier molecular flexibility index (Phi) is 8.48. The highest BCUT2D eigenvalue weighted by atomic mass is 28.4. The van der Waals surface area contributed by atoms with Crippen LogP contribution in [0, 0.1) is 0 Å². The maximum atomic E-state index is 13.1. The van der Waals surface area contributed by atoms with Crippen LogP contribution in [-0.2, 0) is 20.2 Å². The van der Waals surface area contributed by atoms with Crippen molar-refractivity contribution in [2.45, 2.75) is 96.5 Å². The van der Waals surface area contributed by atoms with Gasteiger partial charge in [0.05, 0.1) is 25.9 Å². The summed E-state index contributed by atoms with van der Waals surface area (Å²) in [6.45, 7) is 23.5. The van der Waals surface area contributed by atoms with Gasteiger partial charge in [-0.3, -0.25) is 4.79 Å². The maximum Gasteiger partial charge on any atom is 0.247 e. The molecule has 33 heavy (non-hydrogen) atoms. The SMILES string of the molecule is COc1ccc(CN2C(=O)C=C[C@H](O[Si](C)(C)C(C)(C)C)[C@@H]2CO[Si](C)(C)C(C)(C)C)cc1. The molecule has 1 amide bonds. The van der Waals surface area contributed by atoms with Crippen LogP contribution in [0.3, 0.4) is 0 Å². The molecule has 2 atom stereocenters. The van der Waals surface area contributed by atoms with Crippen molar-refractivity contribution in [1.29, 1.82) is 0 Å². The van der Waals surface area contributed by atoms with Crippen molar-refractivity contribution >= 4 is 22.5 Å².